The van der Waals surface area contributed by atoms with Crippen molar-refractivity contribution >= 4 is 17.3 Å². The maximum absolute atomic E-state index is 5.84. The quantitative estimate of drug-likeness (QED) is 0.753. The van der Waals surface area contributed by atoms with Crippen LogP contribution in [0, 0.1) is 0 Å². The number of halogens is 1. The van der Waals surface area contributed by atoms with Crippen molar-refractivity contribution in [3.05, 3.63) is 23.5 Å². The van der Waals surface area contributed by atoms with Crippen LogP contribution in [0.25, 0.3) is 0 Å². The van der Waals surface area contributed by atoms with Crippen LogP contribution in [0.4, 0.5) is 5.69 Å². The highest BCUT2D eigenvalue weighted by molar-refractivity contribution is 6.29. The van der Waals surface area contributed by atoms with Crippen molar-refractivity contribution in [2.24, 2.45) is 0 Å². The van der Waals surface area contributed by atoms with Crippen molar-refractivity contribution in [2.45, 2.75) is 12.5 Å². The third-order valence-corrected chi connectivity index (χ3v) is 2.88. The van der Waals surface area contributed by atoms with E-state index in [0.29, 0.717) is 11.2 Å². The summed E-state index contributed by atoms with van der Waals surface area (Å²) in [6, 6.07) is 4.52. The Hall–Kier alpha value is -0.800. The molecule has 14 heavy (non-hydrogen) atoms. The standard InChI is InChI=1S/C10H14ClN3/c1-12-8-3-5-14(7-8)9-2-4-13-10(11)6-9/h2,4,6,8,12H,3,5,7H2,1H3. The topological polar surface area (TPSA) is 28.2 Å². The van der Waals surface area contributed by atoms with Gasteiger partial charge in [0.15, 0.2) is 0 Å². The fourth-order valence-electron chi connectivity index (χ4n) is 1.82. The molecule has 2 rings (SSSR count). The van der Waals surface area contributed by atoms with Crippen molar-refractivity contribution in [2.75, 3.05) is 25.0 Å². The van der Waals surface area contributed by atoms with E-state index in [4.69, 9.17) is 11.6 Å². The minimum atomic E-state index is 0.565. The van der Waals surface area contributed by atoms with E-state index in [-0.39, 0.29) is 0 Å². The van der Waals surface area contributed by atoms with Gasteiger partial charge in [-0.05, 0) is 25.6 Å². The van der Waals surface area contributed by atoms with Crippen LogP contribution in [0.15, 0.2) is 18.3 Å². The van der Waals surface area contributed by atoms with Crippen LogP contribution in [-0.2, 0) is 0 Å². The van der Waals surface area contributed by atoms with E-state index in [1.807, 2.05) is 19.2 Å². The molecule has 1 aliphatic heterocycles. The molecule has 0 radical (unpaired) electrons. The lowest BCUT2D eigenvalue weighted by molar-refractivity contribution is 0.617. The second-order valence-corrected chi connectivity index (χ2v) is 3.94. The Kier molecular flexibility index (Phi) is 2.89. The second-order valence-electron chi connectivity index (χ2n) is 3.56. The Balaban J connectivity index is 2.09. The zero-order valence-electron chi connectivity index (χ0n) is 8.20. The van der Waals surface area contributed by atoms with E-state index in [1.54, 1.807) is 6.20 Å². The lowest BCUT2D eigenvalue weighted by Gasteiger charge is -2.18. The van der Waals surface area contributed by atoms with Crippen LogP contribution in [0.1, 0.15) is 6.42 Å². The van der Waals surface area contributed by atoms with Crippen LogP contribution in [0.2, 0.25) is 5.15 Å². The van der Waals surface area contributed by atoms with Crippen LogP contribution in [0.5, 0.6) is 0 Å². The molecule has 1 atom stereocenters. The van der Waals surface area contributed by atoms with Gasteiger partial charge in [0.25, 0.3) is 0 Å². The molecule has 76 valence electrons. The third kappa shape index (κ3) is 1.99. The van der Waals surface area contributed by atoms with Crippen molar-refractivity contribution in [3.8, 4) is 0 Å². The van der Waals surface area contributed by atoms with Gasteiger partial charge in [-0.1, -0.05) is 11.6 Å². The summed E-state index contributed by atoms with van der Waals surface area (Å²) in [5.41, 5.74) is 1.17. The lowest BCUT2D eigenvalue weighted by atomic mass is 10.3. The number of hydrogen-bond donors (Lipinski definition) is 1. The van der Waals surface area contributed by atoms with E-state index in [1.165, 1.54) is 12.1 Å². The molecule has 4 heteroatoms. The zero-order chi connectivity index (χ0) is 9.97. The summed E-state index contributed by atoms with van der Waals surface area (Å²) in [5.74, 6) is 0. The fourth-order valence-corrected chi connectivity index (χ4v) is 1.99. The Bertz CT molecular complexity index is 316. The van der Waals surface area contributed by atoms with Crippen molar-refractivity contribution in [3.63, 3.8) is 0 Å². The molecule has 1 saturated heterocycles. The summed E-state index contributed by atoms with van der Waals surface area (Å²) in [4.78, 5) is 6.30. The maximum Gasteiger partial charge on any atom is 0.131 e. The Morgan fingerprint density at radius 3 is 3.14 bits per heavy atom. The first-order chi connectivity index (χ1) is 6.79. The van der Waals surface area contributed by atoms with Crippen molar-refractivity contribution in [1.82, 2.24) is 10.3 Å². The number of rotatable bonds is 2. The largest absolute Gasteiger partial charge is 0.370 e. The average molecular weight is 212 g/mol. The van der Waals surface area contributed by atoms with Crippen LogP contribution < -0.4 is 10.2 Å². The number of anilines is 1. The molecule has 1 aromatic rings. The average Bonchev–Trinajstić information content (AvgIpc) is 2.66. The number of likely N-dealkylation sites (N-methyl/N-ethyl adjacent to an activating group) is 1. The molecule has 1 N–H and O–H groups in total. The Labute approximate surface area is 89.1 Å². The fraction of sp³-hybridized carbons (Fsp3) is 0.500. The first-order valence-corrected chi connectivity index (χ1v) is 5.21. The van der Waals surface area contributed by atoms with E-state index in [0.717, 1.165) is 13.1 Å². The van der Waals surface area contributed by atoms with Gasteiger partial charge >= 0.3 is 0 Å². The molecule has 0 aromatic carbocycles. The van der Waals surface area contributed by atoms with E-state index < -0.39 is 0 Å². The predicted molar refractivity (Wildman–Crippen MR) is 58.9 cm³/mol. The van der Waals surface area contributed by atoms with Gasteiger partial charge < -0.3 is 10.2 Å². The number of pyridine rings is 1. The summed E-state index contributed by atoms with van der Waals surface area (Å²) in [7, 11) is 2.01. The molecule has 0 saturated carbocycles. The summed E-state index contributed by atoms with van der Waals surface area (Å²) in [6.07, 6.45) is 2.95. The molecule has 0 bridgehead atoms. The number of nitrogens with zero attached hydrogens (tertiary/aromatic N) is 2. The number of hydrogen-bond acceptors (Lipinski definition) is 3. The highest BCUT2D eigenvalue weighted by Gasteiger charge is 2.20. The lowest BCUT2D eigenvalue weighted by Crippen LogP contribution is -2.29. The third-order valence-electron chi connectivity index (χ3n) is 2.67. The maximum atomic E-state index is 5.84. The van der Waals surface area contributed by atoms with Gasteiger partial charge in [0, 0.05) is 31.0 Å². The van der Waals surface area contributed by atoms with E-state index in [9.17, 15) is 0 Å². The van der Waals surface area contributed by atoms with Crippen LogP contribution in [-0.4, -0.2) is 31.2 Å². The van der Waals surface area contributed by atoms with Crippen molar-refractivity contribution < 1.29 is 0 Å². The van der Waals surface area contributed by atoms with Gasteiger partial charge in [0.05, 0.1) is 0 Å². The van der Waals surface area contributed by atoms with Gasteiger partial charge in [-0.3, -0.25) is 0 Å². The van der Waals surface area contributed by atoms with Gasteiger partial charge in [0.2, 0.25) is 0 Å². The van der Waals surface area contributed by atoms with Crippen LogP contribution in [0.3, 0.4) is 0 Å². The number of nitrogens with one attached hydrogen (secondary N) is 1. The summed E-state index contributed by atoms with van der Waals surface area (Å²) in [5, 5.41) is 3.85. The summed E-state index contributed by atoms with van der Waals surface area (Å²) >= 11 is 5.84. The molecule has 1 aromatic heterocycles. The minimum Gasteiger partial charge on any atom is -0.370 e. The zero-order valence-corrected chi connectivity index (χ0v) is 8.96. The highest BCUT2D eigenvalue weighted by atomic mass is 35.5. The normalized spacial score (nSPS) is 21.6. The van der Waals surface area contributed by atoms with E-state index in [2.05, 4.69) is 15.2 Å². The van der Waals surface area contributed by atoms with Crippen LogP contribution >= 0.6 is 11.6 Å². The van der Waals surface area contributed by atoms with Gasteiger partial charge in [-0.25, -0.2) is 4.98 Å². The van der Waals surface area contributed by atoms with Gasteiger partial charge in [-0.15, -0.1) is 0 Å². The second kappa shape index (κ2) is 4.15. The predicted octanol–water partition coefficient (Wildman–Crippen LogP) is 1.53. The molecule has 1 unspecified atom stereocenters. The molecule has 3 nitrogen and oxygen atoms in total. The first kappa shape index (κ1) is 9.74. The number of aromatic nitrogens is 1. The Morgan fingerprint density at radius 1 is 1.64 bits per heavy atom. The molecule has 0 spiro atoms. The molecule has 2 heterocycles. The summed E-state index contributed by atoms with van der Waals surface area (Å²) in [6.45, 7) is 2.14. The molecule has 0 aliphatic carbocycles. The molecule has 1 fully saturated rings. The molecule has 1 aliphatic rings. The molecular weight excluding hydrogens is 198 g/mol. The minimum absolute atomic E-state index is 0.565. The van der Waals surface area contributed by atoms with Gasteiger partial charge in [-0.2, -0.15) is 0 Å². The Morgan fingerprint density at radius 2 is 2.50 bits per heavy atom. The summed E-state index contributed by atoms with van der Waals surface area (Å²) < 4.78 is 0. The van der Waals surface area contributed by atoms with Crippen molar-refractivity contribution in [1.29, 1.82) is 0 Å². The molecule has 0 amide bonds. The van der Waals surface area contributed by atoms with E-state index >= 15 is 0 Å². The smallest absolute Gasteiger partial charge is 0.131 e. The van der Waals surface area contributed by atoms with Gasteiger partial charge in [0.1, 0.15) is 5.15 Å². The SMILES string of the molecule is CNC1CCN(c2ccnc(Cl)c2)C1. The first-order valence-electron chi connectivity index (χ1n) is 4.83. The monoisotopic (exact) mass is 211 g/mol. The highest BCUT2D eigenvalue weighted by Crippen LogP contribution is 2.21. The molecular formula is C10H14ClN3.